The van der Waals surface area contributed by atoms with Crippen molar-refractivity contribution < 1.29 is 0 Å². The van der Waals surface area contributed by atoms with Gasteiger partial charge in [0, 0.05) is 27.6 Å². The highest BCUT2D eigenvalue weighted by Gasteiger charge is 2.01. The van der Waals surface area contributed by atoms with E-state index >= 15 is 0 Å². The van der Waals surface area contributed by atoms with E-state index in [1.807, 2.05) is 30.3 Å². The van der Waals surface area contributed by atoms with E-state index in [1.165, 1.54) is 11.8 Å². The molecule has 0 spiro atoms. The zero-order valence-corrected chi connectivity index (χ0v) is 11.1. The second-order valence-electron chi connectivity index (χ2n) is 3.87. The normalized spacial score (nSPS) is 10.0. The molecule has 2 nitrogen and oxygen atoms in total. The van der Waals surface area contributed by atoms with Gasteiger partial charge in [0.15, 0.2) is 0 Å². The number of benzene rings is 2. The van der Waals surface area contributed by atoms with E-state index in [9.17, 15) is 0 Å². The second kappa shape index (κ2) is 5.15. The van der Waals surface area contributed by atoms with Gasteiger partial charge in [-0.3, -0.25) is 0 Å². The fourth-order valence-electron chi connectivity index (χ4n) is 1.56. The Morgan fingerprint density at radius 2 is 1.82 bits per heavy atom. The lowest BCUT2D eigenvalue weighted by atomic mass is 10.1. The van der Waals surface area contributed by atoms with Crippen LogP contribution < -0.4 is 5.32 Å². The van der Waals surface area contributed by atoms with Gasteiger partial charge in [0.1, 0.15) is 0 Å². The Morgan fingerprint density at radius 3 is 2.47 bits per heavy atom. The number of nitrogens with one attached hydrogen (secondary N) is 2. The average molecular weight is 289 g/mol. The second-order valence-corrected chi connectivity index (χ2v) is 4.78. The Labute approximate surface area is 109 Å². The van der Waals surface area contributed by atoms with Crippen molar-refractivity contribution in [2.75, 3.05) is 5.32 Å². The van der Waals surface area contributed by atoms with E-state index in [2.05, 4.69) is 40.3 Å². The number of rotatable bonds is 3. The monoisotopic (exact) mass is 288 g/mol. The van der Waals surface area contributed by atoms with Crippen LogP contribution in [0.2, 0.25) is 0 Å². The van der Waals surface area contributed by atoms with E-state index in [-0.39, 0.29) is 0 Å². The van der Waals surface area contributed by atoms with Crippen LogP contribution in [0.4, 0.5) is 11.4 Å². The third-order valence-electron chi connectivity index (χ3n) is 2.50. The Morgan fingerprint density at radius 1 is 1.12 bits per heavy atom. The van der Waals surface area contributed by atoms with Gasteiger partial charge in [0.25, 0.3) is 0 Å². The topological polar surface area (TPSA) is 35.9 Å². The molecule has 2 aromatic carbocycles. The molecule has 0 bridgehead atoms. The molecule has 0 heterocycles. The molecule has 0 aliphatic rings. The predicted octanol–water partition coefficient (Wildman–Crippen LogP) is 4.50. The van der Waals surface area contributed by atoms with E-state index in [0.29, 0.717) is 0 Å². The molecule has 0 fully saturated rings. The highest BCUT2D eigenvalue weighted by atomic mass is 79.9. The molecule has 0 aliphatic heterocycles. The SMILES string of the molecule is Cc1ccc(Nc2ccc(Br)cc2C=N)cc1. The van der Waals surface area contributed by atoms with Crippen molar-refractivity contribution in [1.82, 2.24) is 0 Å². The first-order valence-corrected chi connectivity index (χ1v) is 6.12. The zero-order valence-electron chi connectivity index (χ0n) is 9.50. The van der Waals surface area contributed by atoms with E-state index in [0.717, 1.165) is 21.4 Å². The van der Waals surface area contributed by atoms with Crippen molar-refractivity contribution in [3.05, 3.63) is 58.1 Å². The van der Waals surface area contributed by atoms with Crippen LogP contribution in [-0.2, 0) is 0 Å². The minimum Gasteiger partial charge on any atom is -0.355 e. The fraction of sp³-hybridized carbons (Fsp3) is 0.0714. The highest BCUT2D eigenvalue weighted by Crippen LogP contribution is 2.23. The van der Waals surface area contributed by atoms with E-state index < -0.39 is 0 Å². The van der Waals surface area contributed by atoms with Crippen molar-refractivity contribution in [1.29, 1.82) is 5.41 Å². The molecule has 17 heavy (non-hydrogen) atoms. The maximum absolute atomic E-state index is 7.40. The molecule has 86 valence electrons. The summed E-state index contributed by atoms with van der Waals surface area (Å²) >= 11 is 3.40. The average Bonchev–Trinajstić information content (AvgIpc) is 2.34. The van der Waals surface area contributed by atoms with Gasteiger partial charge in [-0.1, -0.05) is 33.6 Å². The molecule has 0 unspecified atom stereocenters. The molecule has 0 atom stereocenters. The smallest absolute Gasteiger partial charge is 0.0473 e. The highest BCUT2D eigenvalue weighted by molar-refractivity contribution is 9.10. The molecular weight excluding hydrogens is 276 g/mol. The Bertz CT molecular complexity index is 532. The fourth-order valence-corrected chi connectivity index (χ4v) is 1.94. The number of anilines is 2. The maximum Gasteiger partial charge on any atom is 0.0473 e. The number of hydrogen-bond acceptors (Lipinski definition) is 2. The molecule has 0 saturated heterocycles. The van der Waals surface area contributed by atoms with Crippen molar-refractivity contribution in [3.8, 4) is 0 Å². The van der Waals surface area contributed by atoms with Crippen LogP contribution in [0.15, 0.2) is 46.9 Å². The van der Waals surface area contributed by atoms with Gasteiger partial charge in [0.2, 0.25) is 0 Å². The minimum absolute atomic E-state index is 0.861. The molecular formula is C14H13BrN2. The Kier molecular flexibility index (Phi) is 3.59. The standard InChI is InChI=1S/C14H13BrN2/c1-10-2-5-13(6-3-10)17-14-7-4-12(15)8-11(14)9-16/h2-9,16-17H,1H3. The minimum atomic E-state index is 0.861. The molecule has 0 radical (unpaired) electrons. The summed E-state index contributed by atoms with van der Waals surface area (Å²) in [5.41, 5.74) is 4.06. The lowest BCUT2D eigenvalue weighted by Crippen LogP contribution is -1.95. The van der Waals surface area contributed by atoms with Crippen molar-refractivity contribution in [3.63, 3.8) is 0 Å². The van der Waals surface area contributed by atoms with Crippen molar-refractivity contribution in [2.24, 2.45) is 0 Å². The molecule has 0 aromatic heterocycles. The largest absolute Gasteiger partial charge is 0.355 e. The van der Waals surface area contributed by atoms with Crippen LogP contribution in [-0.4, -0.2) is 6.21 Å². The molecule has 0 saturated carbocycles. The van der Waals surface area contributed by atoms with Crippen molar-refractivity contribution >= 4 is 33.5 Å². The molecule has 2 rings (SSSR count). The Hall–Kier alpha value is -1.61. The molecule has 3 heteroatoms. The van der Waals surface area contributed by atoms with Crippen LogP contribution in [0.3, 0.4) is 0 Å². The van der Waals surface area contributed by atoms with E-state index in [4.69, 9.17) is 5.41 Å². The Balaban J connectivity index is 2.29. The van der Waals surface area contributed by atoms with Gasteiger partial charge in [-0.15, -0.1) is 0 Å². The van der Waals surface area contributed by atoms with Gasteiger partial charge in [-0.25, -0.2) is 0 Å². The lowest BCUT2D eigenvalue weighted by molar-refractivity contribution is 1.44. The van der Waals surface area contributed by atoms with Crippen LogP contribution >= 0.6 is 15.9 Å². The van der Waals surface area contributed by atoms with Gasteiger partial charge in [-0.05, 0) is 37.3 Å². The first-order valence-electron chi connectivity index (χ1n) is 5.33. The van der Waals surface area contributed by atoms with Gasteiger partial charge in [-0.2, -0.15) is 0 Å². The molecule has 2 N–H and O–H groups in total. The molecule has 2 aromatic rings. The van der Waals surface area contributed by atoms with Crippen LogP contribution in [0, 0.1) is 12.3 Å². The summed E-state index contributed by atoms with van der Waals surface area (Å²) in [6.45, 7) is 2.06. The molecule has 0 aliphatic carbocycles. The maximum atomic E-state index is 7.40. The van der Waals surface area contributed by atoms with Gasteiger partial charge < -0.3 is 10.7 Å². The lowest BCUT2D eigenvalue weighted by Gasteiger charge is -2.10. The summed E-state index contributed by atoms with van der Waals surface area (Å²) in [6.07, 6.45) is 1.35. The van der Waals surface area contributed by atoms with Gasteiger partial charge >= 0.3 is 0 Å². The predicted molar refractivity (Wildman–Crippen MR) is 76.5 cm³/mol. The number of halogens is 1. The third kappa shape index (κ3) is 2.94. The van der Waals surface area contributed by atoms with Gasteiger partial charge in [0.05, 0.1) is 0 Å². The third-order valence-corrected chi connectivity index (χ3v) is 2.99. The van der Waals surface area contributed by atoms with Crippen LogP contribution in [0.1, 0.15) is 11.1 Å². The summed E-state index contributed by atoms with van der Waals surface area (Å²) in [6, 6.07) is 14.0. The summed E-state index contributed by atoms with van der Waals surface area (Å²) in [4.78, 5) is 0. The summed E-state index contributed by atoms with van der Waals surface area (Å²) in [7, 11) is 0. The first kappa shape index (κ1) is 11.9. The summed E-state index contributed by atoms with van der Waals surface area (Å²) in [5, 5.41) is 10.7. The first-order chi connectivity index (χ1) is 8.19. The zero-order chi connectivity index (χ0) is 12.3. The molecule has 0 amide bonds. The number of aryl methyl sites for hydroxylation is 1. The van der Waals surface area contributed by atoms with Crippen LogP contribution in [0.25, 0.3) is 0 Å². The van der Waals surface area contributed by atoms with Crippen LogP contribution in [0.5, 0.6) is 0 Å². The van der Waals surface area contributed by atoms with Crippen molar-refractivity contribution in [2.45, 2.75) is 6.92 Å². The summed E-state index contributed by atoms with van der Waals surface area (Å²) in [5.74, 6) is 0. The number of hydrogen-bond donors (Lipinski definition) is 2. The quantitative estimate of drug-likeness (QED) is 0.802. The summed E-state index contributed by atoms with van der Waals surface area (Å²) < 4.78 is 0.977. The van der Waals surface area contributed by atoms with E-state index in [1.54, 1.807) is 0 Å².